The highest BCUT2D eigenvalue weighted by molar-refractivity contribution is 7.92. The lowest BCUT2D eigenvalue weighted by molar-refractivity contribution is 0.256. The molecule has 0 spiro atoms. The average molecular weight is 335 g/mol. The van der Waals surface area contributed by atoms with E-state index in [1.54, 1.807) is 6.92 Å². The molecule has 0 unspecified atom stereocenters. The molecule has 1 aliphatic heterocycles. The lowest BCUT2D eigenvalue weighted by Gasteiger charge is -2.28. The first kappa shape index (κ1) is 16.3. The molecule has 0 atom stereocenters. The summed E-state index contributed by atoms with van der Waals surface area (Å²) in [5.41, 5.74) is 3.14. The standard InChI is InChI=1S/C17H25N3O2S/c1-4-23(21,22)18-14-5-6-17-15(11-14)16(12-20(17)3)13-7-9-19(2)10-8-13/h5-6,11-13,18H,4,7-10H2,1-3H3. The highest BCUT2D eigenvalue weighted by atomic mass is 32.2. The number of benzene rings is 1. The highest BCUT2D eigenvalue weighted by Crippen LogP contribution is 2.35. The number of rotatable bonds is 4. The van der Waals surface area contributed by atoms with Crippen LogP contribution in [-0.2, 0) is 17.1 Å². The summed E-state index contributed by atoms with van der Waals surface area (Å²) in [4.78, 5) is 2.36. The van der Waals surface area contributed by atoms with Crippen molar-refractivity contribution in [1.82, 2.24) is 9.47 Å². The SMILES string of the molecule is CCS(=O)(=O)Nc1ccc2c(c1)c(C1CCN(C)CC1)cn2C. The van der Waals surface area contributed by atoms with Crippen LogP contribution in [0, 0.1) is 0 Å². The maximum atomic E-state index is 11.8. The highest BCUT2D eigenvalue weighted by Gasteiger charge is 2.22. The van der Waals surface area contributed by atoms with Gasteiger partial charge < -0.3 is 9.47 Å². The van der Waals surface area contributed by atoms with Crippen LogP contribution >= 0.6 is 0 Å². The molecule has 1 saturated heterocycles. The summed E-state index contributed by atoms with van der Waals surface area (Å²) in [5.74, 6) is 0.634. The molecule has 2 heterocycles. The first-order chi connectivity index (χ1) is 10.9. The Labute approximate surface area is 138 Å². The van der Waals surface area contributed by atoms with Gasteiger partial charge in [-0.1, -0.05) is 0 Å². The van der Waals surface area contributed by atoms with Gasteiger partial charge in [-0.25, -0.2) is 8.42 Å². The Kier molecular flexibility index (Phi) is 4.38. The molecule has 0 amide bonds. The van der Waals surface area contributed by atoms with E-state index in [-0.39, 0.29) is 5.75 Å². The number of anilines is 1. The molecule has 1 aromatic carbocycles. The Balaban J connectivity index is 1.98. The summed E-state index contributed by atoms with van der Waals surface area (Å²) >= 11 is 0. The number of nitrogens with zero attached hydrogens (tertiary/aromatic N) is 2. The summed E-state index contributed by atoms with van der Waals surface area (Å²) in [7, 11) is 0.973. The quantitative estimate of drug-likeness (QED) is 0.935. The molecule has 6 heteroatoms. The molecule has 1 aromatic heterocycles. The molecule has 1 fully saturated rings. The van der Waals surface area contributed by atoms with Crippen molar-refractivity contribution < 1.29 is 8.42 Å². The fourth-order valence-electron chi connectivity index (χ4n) is 3.38. The third-order valence-corrected chi connectivity index (χ3v) is 6.14. The molecule has 1 aliphatic rings. The normalized spacial score (nSPS) is 17.7. The van der Waals surface area contributed by atoms with Crippen LogP contribution in [-0.4, -0.2) is 43.8 Å². The minimum atomic E-state index is -3.24. The third kappa shape index (κ3) is 3.38. The Morgan fingerprint density at radius 3 is 2.57 bits per heavy atom. The van der Waals surface area contributed by atoms with Crippen LogP contribution in [0.25, 0.3) is 10.9 Å². The van der Waals surface area contributed by atoms with Gasteiger partial charge in [0.05, 0.1) is 5.75 Å². The zero-order chi connectivity index (χ0) is 16.6. The summed E-state index contributed by atoms with van der Waals surface area (Å²) < 4.78 is 28.4. The van der Waals surface area contributed by atoms with E-state index in [1.165, 1.54) is 10.9 Å². The van der Waals surface area contributed by atoms with Gasteiger partial charge in [0.1, 0.15) is 0 Å². The number of hydrogen-bond donors (Lipinski definition) is 1. The largest absolute Gasteiger partial charge is 0.350 e. The van der Waals surface area contributed by atoms with E-state index in [2.05, 4.69) is 34.5 Å². The van der Waals surface area contributed by atoms with E-state index < -0.39 is 10.0 Å². The average Bonchev–Trinajstić information content (AvgIpc) is 2.84. The first-order valence-electron chi connectivity index (χ1n) is 8.17. The van der Waals surface area contributed by atoms with Crippen molar-refractivity contribution in [2.24, 2.45) is 7.05 Å². The van der Waals surface area contributed by atoms with Gasteiger partial charge in [0.15, 0.2) is 0 Å². The number of piperidine rings is 1. The maximum Gasteiger partial charge on any atom is 0.232 e. The van der Waals surface area contributed by atoms with Gasteiger partial charge in [-0.15, -0.1) is 0 Å². The molecule has 0 bridgehead atoms. The number of likely N-dealkylation sites (tertiary alicyclic amines) is 1. The number of aryl methyl sites for hydroxylation is 1. The molecule has 126 valence electrons. The van der Waals surface area contributed by atoms with Gasteiger partial charge >= 0.3 is 0 Å². The second-order valence-corrected chi connectivity index (χ2v) is 8.52. The summed E-state index contributed by atoms with van der Waals surface area (Å²) in [6.07, 6.45) is 4.51. The Hall–Kier alpha value is -1.53. The van der Waals surface area contributed by atoms with Gasteiger partial charge in [-0.05, 0) is 69.6 Å². The number of sulfonamides is 1. The molecule has 0 aliphatic carbocycles. The van der Waals surface area contributed by atoms with Crippen molar-refractivity contribution in [3.63, 3.8) is 0 Å². The number of aromatic nitrogens is 1. The van der Waals surface area contributed by atoms with Crippen molar-refractivity contribution in [3.05, 3.63) is 30.0 Å². The predicted octanol–water partition coefficient (Wildman–Crippen LogP) is 2.75. The van der Waals surface area contributed by atoms with E-state index >= 15 is 0 Å². The summed E-state index contributed by atoms with van der Waals surface area (Å²) in [6.45, 7) is 3.87. The van der Waals surface area contributed by atoms with Gasteiger partial charge in [0.25, 0.3) is 0 Å². The first-order valence-corrected chi connectivity index (χ1v) is 9.83. The van der Waals surface area contributed by atoms with Crippen molar-refractivity contribution in [2.45, 2.75) is 25.7 Å². The molecular formula is C17H25N3O2S. The lowest BCUT2D eigenvalue weighted by atomic mass is 9.89. The van der Waals surface area contributed by atoms with Crippen molar-refractivity contribution in [3.8, 4) is 0 Å². The van der Waals surface area contributed by atoms with Gasteiger partial charge in [-0.3, -0.25) is 4.72 Å². The Morgan fingerprint density at radius 1 is 1.22 bits per heavy atom. The van der Waals surface area contributed by atoms with E-state index in [9.17, 15) is 8.42 Å². The van der Waals surface area contributed by atoms with E-state index in [4.69, 9.17) is 0 Å². The fraction of sp³-hybridized carbons (Fsp3) is 0.529. The van der Waals surface area contributed by atoms with Crippen molar-refractivity contribution >= 4 is 26.6 Å². The minimum absolute atomic E-state index is 0.0850. The van der Waals surface area contributed by atoms with Crippen LogP contribution < -0.4 is 4.72 Å². The van der Waals surface area contributed by atoms with Crippen LogP contribution in [0.5, 0.6) is 0 Å². The van der Waals surface area contributed by atoms with E-state index in [0.29, 0.717) is 11.6 Å². The summed E-state index contributed by atoms with van der Waals surface area (Å²) in [5, 5.41) is 1.17. The smallest absolute Gasteiger partial charge is 0.232 e. The van der Waals surface area contributed by atoms with Crippen LogP contribution in [0.2, 0.25) is 0 Å². The molecule has 23 heavy (non-hydrogen) atoms. The third-order valence-electron chi connectivity index (χ3n) is 4.83. The van der Waals surface area contributed by atoms with Crippen molar-refractivity contribution in [1.29, 1.82) is 0 Å². The molecule has 0 radical (unpaired) electrons. The van der Waals surface area contributed by atoms with Crippen molar-refractivity contribution in [2.75, 3.05) is 30.6 Å². The Bertz CT molecular complexity index is 803. The molecular weight excluding hydrogens is 310 g/mol. The van der Waals surface area contributed by atoms with Gasteiger partial charge in [-0.2, -0.15) is 0 Å². The van der Waals surface area contributed by atoms with Crippen LogP contribution in [0.1, 0.15) is 31.2 Å². The molecule has 0 saturated carbocycles. The topological polar surface area (TPSA) is 54.3 Å². The van der Waals surface area contributed by atoms with Gasteiger partial charge in [0.2, 0.25) is 10.0 Å². The monoisotopic (exact) mass is 335 g/mol. The van der Waals surface area contributed by atoms with Crippen LogP contribution in [0.15, 0.2) is 24.4 Å². The molecule has 1 N–H and O–H groups in total. The number of fused-ring (bicyclic) bond motifs is 1. The molecule has 5 nitrogen and oxygen atoms in total. The Morgan fingerprint density at radius 2 is 1.91 bits per heavy atom. The zero-order valence-electron chi connectivity index (χ0n) is 14.0. The second-order valence-electron chi connectivity index (χ2n) is 6.51. The van der Waals surface area contributed by atoms with E-state index in [1.807, 2.05) is 18.2 Å². The fourth-order valence-corrected chi connectivity index (χ4v) is 4.01. The predicted molar refractivity (Wildman–Crippen MR) is 95.5 cm³/mol. The second kappa shape index (κ2) is 6.17. The van der Waals surface area contributed by atoms with Gasteiger partial charge in [0, 0.05) is 29.8 Å². The minimum Gasteiger partial charge on any atom is -0.350 e. The number of nitrogens with one attached hydrogen (secondary N) is 1. The molecule has 3 rings (SSSR count). The van der Waals surface area contributed by atoms with Crippen LogP contribution in [0.3, 0.4) is 0 Å². The number of hydrogen-bond acceptors (Lipinski definition) is 3. The maximum absolute atomic E-state index is 11.8. The van der Waals surface area contributed by atoms with Crippen LogP contribution in [0.4, 0.5) is 5.69 Å². The molecule has 2 aromatic rings. The lowest BCUT2D eigenvalue weighted by Crippen LogP contribution is -2.29. The van der Waals surface area contributed by atoms with E-state index in [0.717, 1.165) is 31.4 Å². The zero-order valence-corrected chi connectivity index (χ0v) is 14.9. The summed E-state index contributed by atoms with van der Waals surface area (Å²) in [6, 6.07) is 5.82.